The molecule has 0 amide bonds. The van der Waals surface area contributed by atoms with Crippen molar-refractivity contribution in [3.8, 4) is 0 Å². The fourth-order valence-corrected chi connectivity index (χ4v) is 0. The first-order valence-electron chi connectivity index (χ1n) is 1.61. The van der Waals surface area contributed by atoms with Crippen LogP contribution in [-0.4, -0.2) is 11.7 Å². The predicted molar refractivity (Wildman–Crippen MR) is 25.2 cm³/mol. The van der Waals surface area contributed by atoms with Gasteiger partial charge >= 0.3 is 39.2 Å². The van der Waals surface area contributed by atoms with E-state index in [1.807, 2.05) is 0 Å². The topological polar surface area (TPSA) is 37.3 Å². The van der Waals surface area contributed by atoms with Crippen LogP contribution in [0.1, 0.15) is 6.92 Å². The first-order chi connectivity index (χ1) is 3.15. The van der Waals surface area contributed by atoms with Crippen molar-refractivity contribution in [2.45, 2.75) is 6.92 Å². The van der Waals surface area contributed by atoms with Gasteiger partial charge in [-0.2, -0.15) is 0 Å². The van der Waals surface area contributed by atoms with E-state index in [0.29, 0.717) is 0 Å². The Balaban J connectivity index is 0. The number of hydrogen-bond acceptors (Lipinski definition) is 2. The molecule has 0 atom stereocenters. The Morgan fingerprint density at radius 3 is 1.71 bits per heavy atom. The van der Waals surface area contributed by atoms with Crippen LogP contribution in [0.15, 0.2) is 0 Å². The Morgan fingerprint density at radius 2 is 1.71 bits per heavy atom. The Labute approximate surface area is 57.6 Å². The first kappa shape index (κ1) is 11.1. The molecule has 0 rings (SSSR count). The van der Waals surface area contributed by atoms with Gasteiger partial charge in [-0.05, 0) is 6.92 Å². The molecule has 0 saturated carbocycles. The SMILES string of the molecule is CCO.[O]=[Zr]([Cl])[Cl]. The zero-order chi connectivity index (χ0) is 6.28. The molecule has 44 valence electrons. The summed E-state index contributed by atoms with van der Waals surface area (Å²) in [4.78, 5) is 0. The Bertz CT molecular complexity index is 45.0. The van der Waals surface area contributed by atoms with Crippen molar-refractivity contribution in [1.29, 1.82) is 0 Å². The van der Waals surface area contributed by atoms with Crippen LogP contribution in [0.3, 0.4) is 0 Å². The predicted octanol–water partition coefficient (Wildman–Crippen LogP) is 1.26. The van der Waals surface area contributed by atoms with Gasteiger partial charge in [0.2, 0.25) is 0 Å². The molecule has 0 aromatic rings. The molecule has 0 aromatic heterocycles. The molecule has 0 unspecified atom stereocenters. The fourth-order valence-electron chi connectivity index (χ4n) is 0. The summed E-state index contributed by atoms with van der Waals surface area (Å²) in [7, 11) is 9.36. The van der Waals surface area contributed by atoms with Crippen molar-refractivity contribution in [2.24, 2.45) is 0 Å². The van der Waals surface area contributed by atoms with Crippen LogP contribution < -0.4 is 0 Å². The standard InChI is InChI=1S/C2H6O.2ClH.O.Zr/c1-2-3;;;;/h3H,2H2,1H3;2*1H;;/q;;;;+2/p-2. The number of halogens is 2. The van der Waals surface area contributed by atoms with Gasteiger partial charge in [0, 0.05) is 6.61 Å². The average Bonchev–Trinajstić information content (AvgIpc) is 1.33. The van der Waals surface area contributed by atoms with Gasteiger partial charge in [-0.3, -0.25) is 0 Å². The zero-order valence-corrected chi connectivity index (χ0v) is 7.79. The summed E-state index contributed by atoms with van der Waals surface area (Å²) in [6, 6.07) is 0. The number of aliphatic hydroxyl groups excluding tert-OH is 1. The average molecular weight is 224 g/mol. The van der Waals surface area contributed by atoms with E-state index in [1.165, 1.54) is 0 Å². The number of aliphatic hydroxyl groups is 1. The minimum atomic E-state index is -2.85. The second kappa shape index (κ2) is 10.3. The summed E-state index contributed by atoms with van der Waals surface area (Å²) in [5.74, 6) is 0. The number of hydrogen-bond donors (Lipinski definition) is 1. The molecule has 0 spiro atoms. The van der Waals surface area contributed by atoms with Gasteiger partial charge in [0.15, 0.2) is 0 Å². The minimum absolute atomic E-state index is 0.250. The molecule has 2 nitrogen and oxygen atoms in total. The molecule has 0 aliphatic heterocycles. The van der Waals surface area contributed by atoms with Crippen LogP contribution >= 0.6 is 17.0 Å². The van der Waals surface area contributed by atoms with Gasteiger partial charge in [-0.1, -0.05) is 0 Å². The maximum atomic E-state index is 9.26. The van der Waals surface area contributed by atoms with E-state index in [1.54, 1.807) is 6.92 Å². The van der Waals surface area contributed by atoms with E-state index in [4.69, 9.17) is 5.11 Å². The van der Waals surface area contributed by atoms with E-state index in [9.17, 15) is 2.81 Å². The molecule has 0 aromatic carbocycles. The molecule has 0 bridgehead atoms. The zero-order valence-electron chi connectivity index (χ0n) is 3.82. The summed E-state index contributed by atoms with van der Waals surface area (Å²) in [5.41, 5.74) is 0. The van der Waals surface area contributed by atoms with Gasteiger partial charge in [0.25, 0.3) is 0 Å². The van der Waals surface area contributed by atoms with Crippen LogP contribution in [0.4, 0.5) is 0 Å². The van der Waals surface area contributed by atoms with Crippen molar-refractivity contribution in [3.63, 3.8) is 0 Å². The molecule has 0 aliphatic rings. The van der Waals surface area contributed by atoms with Crippen molar-refractivity contribution < 1.29 is 27.3 Å². The normalized spacial score (nSPS) is 6.29. The molecule has 7 heavy (non-hydrogen) atoms. The maximum absolute atomic E-state index is 9.26. The van der Waals surface area contributed by atoms with Crippen LogP contribution in [0, 0.1) is 0 Å². The molecule has 5 heteroatoms. The van der Waals surface area contributed by atoms with E-state index < -0.39 is 19.4 Å². The van der Waals surface area contributed by atoms with E-state index in [-0.39, 0.29) is 6.61 Å². The third-order valence-electron chi connectivity index (χ3n) is 0. The quantitative estimate of drug-likeness (QED) is 0.672. The summed E-state index contributed by atoms with van der Waals surface area (Å²) in [5, 5.41) is 7.57. The molecule has 0 radical (unpaired) electrons. The molecule has 0 heterocycles. The van der Waals surface area contributed by atoms with Crippen LogP contribution in [0.25, 0.3) is 0 Å². The summed E-state index contributed by atoms with van der Waals surface area (Å²) in [6.45, 7) is 1.93. The van der Waals surface area contributed by atoms with Gasteiger partial charge in [-0.15, -0.1) is 0 Å². The Kier molecular flexibility index (Phi) is 16.2. The second-order valence-electron chi connectivity index (χ2n) is 0.542. The Morgan fingerprint density at radius 1 is 1.71 bits per heavy atom. The van der Waals surface area contributed by atoms with Crippen LogP contribution in [0.5, 0.6) is 0 Å². The van der Waals surface area contributed by atoms with Crippen molar-refractivity contribution in [1.82, 2.24) is 0 Å². The van der Waals surface area contributed by atoms with Crippen LogP contribution in [-0.2, 0) is 22.2 Å². The number of rotatable bonds is 0. The molecule has 0 fully saturated rings. The van der Waals surface area contributed by atoms with E-state index in [0.717, 1.165) is 0 Å². The monoisotopic (exact) mass is 222 g/mol. The van der Waals surface area contributed by atoms with Gasteiger partial charge in [0.05, 0.1) is 0 Å². The second-order valence-corrected chi connectivity index (χ2v) is 6.86. The molecule has 0 aliphatic carbocycles. The van der Waals surface area contributed by atoms with Crippen molar-refractivity contribution >= 4 is 17.0 Å². The van der Waals surface area contributed by atoms with Gasteiger partial charge in [0.1, 0.15) is 0 Å². The fraction of sp³-hybridized carbons (Fsp3) is 1.00. The van der Waals surface area contributed by atoms with Gasteiger partial charge in [-0.25, -0.2) is 0 Å². The molecule has 1 N–H and O–H groups in total. The third kappa shape index (κ3) is 132. The summed E-state index contributed by atoms with van der Waals surface area (Å²) in [6.07, 6.45) is 0. The van der Waals surface area contributed by atoms with E-state index in [2.05, 4.69) is 17.0 Å². The molecular weight excluding hydrogens is 218 g/mol. The first-order valence-corrected chi connectivity index (χ1v) is 8.94. The van der Waals surface area contributed by atoms with Gasteiger partial charge < -0.3 is 5.11 Å². The van der Waals surface area contributed by atoms with Crippen molar-refractivity contribution in [2.75, 3.05) is 6.61 Å². The third-order valence-corrected chi connectivity index (χ3v) is 0. The van der Waals surface area contributed by atoms with E-state index >= 15 is 0 Å². The molecular formula is C2H6Cl2O2Zr. The van der Waals surface area contributed by atoms with Crippen molar-refractivity contribution in [3.05, 3.63) is 0 Å². The summed E-state index contributed by atoms with van der Waals surface area (Å²) >= 11 is -2.85. The van der Waals surface area contributed by atoms with Crippen LogP contribution in [0.2, 0.25) is 0 Å². The summed E-state index contributed by atoms with van der Waals surface area (Å²) < 4.78 is 9.26. The molecule has 0 saturated heterocycles. The Hall–Kier alpha value is 1.22.